The third kappa shape index (κ3) is 3.09. The van der Waals surface area contributed by atoms with Gasteiger partial charge in [0.05, 0.1) is 26.0 Å². The molecule has 1 aromatic carbocycles. The zero-order chi connectivity index (χ0) is 14.5. The van der Waals surface area contributed by atoms with Crippen LogP contribution in [0.25, 0.3) is 0 Å². The van der Waals surface area contributed by atoms with E-state index in [1.165, 1.54) is 0 Å². The zero-order valence-electron chi connectivity index (χ0n) is 12.0. The van der Waals surface area contributed by atoms with Gasteiger partial charge in [-0.25, -0.2) is 0 Å². The number of benzene rings is 1. The third-order valence-electron chi connectivity index (χ3n) is 3.20. The number of nitrogens with two attached hydrogens (primary N) is 1. The predicted octanol–water partition coefficient (Wildman–Crippen LogP) is 1.18. The number of methoxy groups -OCH3 is 2. The van der Waals surface area contributed by atoms with Gasteiger partial charge in [0.1, 0.15) is 11.5 Å². The number of nitrogens with one attached hydrogen (secondary N) is 1. The van der Waals surface area contributed by atoms with E-state index >= 15 is 0 Å². The molecule has 2 aromatic rings. The van der Waals surface area contributed by atoms with E-state index in [4.69, 9.17) is 15.3 Å². The summed E-state index contributed by atoms with van der Waals surface area (Å²) in [6.07, 6.45) is 2.59. The fraction of sp³-hybridized carbons (Fsp3) is 0.357. The summed E-state index contributed by atoms with van der Waals surface area (Å²) in [4.78, 5) is 0. The summed E-state index contributed by atoms with van der Waals surface area (Å²) in [5.41, 5.74) is 4.76. The first kappa shape index (κ1) is 14.4. The van der Waals surface area contributed by atoms with Crippen LogP contribution in [0.5, 0.6) is 11.5 Å². The highest BCUT2D eigenvalue weighted by atomic mass is 16.5. The van der Waals surface area contributed by atoms with Crippen molar-refractivity contribution in [1.29, 1.82) is 0 Å². The molecule has 0 amide bonds. The van der Waals surface area contributed by atoms with Gasteiger partial charge in [-0.3, -0.25) is 16.0 Å². The van der Waals surface area contributed by atoms with Crippen molar-refractivity contribution in [3.63, 3.8) is 0 Å². The van der Waals surface area contributed by atoms with E-state index in [0.29, 0.717) is 6.42 Å². The molecule has 0 aliphatic rings. The summed E-state index contributed by atoms with van der Waals surface area (Å²) in [5.74, 6) is 7.17. The van der Waals surface area contributed by atoms with Gasteiger partial charge in [-0.2, -0.15) is 5.10 Å². The lowest BCUT2D eigenvalue weighted by molar-refractivity contribution is 0.384. The fourth-order valence-electron chi connectivity index (χ4n) is 2.15. The first-order valence-electron chi connectivity index (χ1n) is 6.34. The molecule has 0 fully saturated rings. The Hall–Kier alpha value is -2.05. The SMILES string of the molecule is COc1ccc(C(Cc2ccn(C)n2)NN)c(OC)c1. The van der Waals surface area contributed by atoms with Crippen LogP contribution in [0.3, 0.4) is 0 Å². The summed E-state index contributed by atoms with van der Waals surface area (Å²) in [5, 5.41) is 4.37. The Balaban J connectivity index is 2.26. The minimum absolute atomic E-state index is 0.0780. The molecule has 0 saturated carbocycles. The van der Waals surface area contributed by atoms with Gasteiger partial charge in [0.15, 0.2) is 0 Å². The molecule has 1 aromatic heterocycles. The maximum atomic E-state index is 5.68. The molecule has 2 rings (SSSR count). The average molecular weight is 276 g/mol. The summed E-state index contributed by atoms with van der Waals surface area (Å²) in [7, 11) is 5.15. The molecule has 0 radical (unpaired) electrons. The number of aryl methyl sites for hydroxylation is 1. The summed E-state index contributed by atoms with van der Waals surface area (Å²) in [6, 6.07) is 7.58. The van der Waals surface area contributed by atoms with Crippen molar-refractivity contribution < 1.29 is 9.47 Å². The minimum Gasteiger partial charge on any atom is -0.497 e. The Morgan fingerprint density at radius 3 is 2.65 bits per heavy atom. The second-order valence-corrected chi connectivity index (χ2v) is 4.51. The van der Waals surface area contributed by atoms with E-state index in [2.05, 4.69) is 10.5 Å². The predicted molar refractivity (Wildman–Crippen MR) is 76.5 cm³/mol. The van der Waals surface area contributed by atoms with Gasteiger partial charge in [-0.1, -0.05) is 6.07 Å². The van der Waals surface area contributed by atoms with Crippen LogP contribution in [0.15, 0.2) is 30.5 Å². The molecular weight excluding hydrogens is 256 g/mol. The van der Waals surface area contributed by atoms with Gasteiger partial charge in [0.25, 0.3) is 0 Å². The smallest absolute Gasteiger partial charge is 0.127 e. The molecule has 1 heterocycles. The number of aromatic nitrogens is 2. The van der Waals surface area contributed by atoms with E-state index in [1.807, 2.05) is 37.5 Å². The van der Waals surface area contributed by atoms with Gasteiger partial charge >= 0.3 is 0 Å². The zero-order valence-corrected chi connectivity index (χ0v) is 12.0. The molecule has 1 atom stereocenters. The van der Waals surface area contributed by atoms with Crippen LogP contribution in [0, 0.1) is 0 Å². The Morgan fingerprint density at radius 1 is 1.30 bits per heavy atom. The lowest BCUT2D eigenvalue weighted by Gasteiger charge is -2.19. The molecule has 0 saturated heterocycles. The van der Waals surface area contributed by atoms with Crippen LogP contribution >= 0.6 is 0 Å². The van der Waals surface area contributed by atoms with Crippen LogP contribution < -0.4 is 20.7 Å². The quantitative estimate of drug-likeness (QED) is 0.612. The Morgan fingerprint density at radius 2 is 2.10 bits per heavy atom. The second-order valence-electron chi connectivity index (χ2n) is 4.51. The number of ether oxygens (including phenoxy) is 2. The number of hydrogen-bond acceptors (Lipinski definition) is 5. The van der Waals surface area contributed by atoms with Gasteiger partial charge in [-0.15, -0.1) is 0 Å². The largest absolute Gasteiger partial charge is 0.497 e. The van der Waals surface area contributed by atoms with Gasteiger partial charge in [0.2, 0.25) is 0 Å². The van der Waals surface area contributed by atoms with Crippen LogP contribution in [-0.4, -0.2) is 24.0 Å². The van der Waals surface area contributed by atoms with Crippen molar-refractivity contribution in [2.45, 2.75) is 12.5 Å². The minimum atomic E-state index is -0.0780. The monoisotopic (exact) mass is 276 g/mol. The molecule has 3 N–H and O–H groups in total. The molecule has 0 aliphatic carbocycles. The first-order chi connectivity index (χ1) is 9.67. The van der Waals surface area contributed by atoms with Crippen molar-refractivity contribution in [1.82, 2.24) is 15.2 Å². The Bertz CT molecular complexity index is 568. The molecule has 20 heavy (non-hydrogen) atoms. The molecule has 6 nitrogen and oxygen atoms in total. The Labute approximate surface area is 118 Å². The summed E-state index contributed by atoms with van der Waals surface area (Å²) < 4.78 is 12.4. The fourth-order valence-corrected chi connectivity index (χ4v) is 2.15. The van der Waals surface area contributed by atoms with Gasteiger partial charge < -0.3 is 9.47 Å². The molecule has 108 valence electrons. The van der Waals surface area contributed by atoms with E-state index in [0.717, 1.165) is 22.8 Å². The number of hydrogen-bond donors (Lipinski definition) is 2. The molecule has 0 aliphatic heterocycles. The second kappa shape index (κ2) is 6.40. The summed E-state index contributed by atoms with van der Waals surface area (Å²) >= 11 is 0. The van der Waals surface area contributed by atoms with E-state index in [1.54, 1.807) is 18.9 Å². The normalized spacial score (nSPS) is 12.2. The van der Waals surface area contributed by atoms with Crippen LogP contribution in [0.1, 0.15) is 17.3 Å². The molecule has 0 bridgehead atoms. The first-order valence-corrected chi connectivity index (χ1v) is 6.34. The lowest BCUT2D eigenvalue weighted by Crippen LogP contribution is -2.30. The van der Waals surface area contributed by atoms with Crippen molar-refractivity contribution in [3.8, 4) is 11.5 Å². The molecular formula is C14H20N4O2. The van der Waals surface area contributed by atoms with Crippen LogP contribution in [-0.2, 0) is 13.5 Å². The van der Waals surface area contributed by atoms with Crippen LogP contribution in [0.4, 0.5) is 0 Å². The molecule has 1 unspecified atom stereocenters. The van der Waals surface area contributed by atoms with E-state index in [9.17, 15) is 0 Å². The number of hydrazine groups is 1. The van der Waals surface area contributed by atoms with Crippen LogP contribution in [0.2, 0.25) is 0 Å². The standard InChI is InChI=1S/C14H20N4O2/c1-18-7-6-10(17-18)8-13(16-15)12-5-4-11(19-2)9-14(12)20-3/h4-7,9,13,16H,8,15H2,1-3H3. The summed E-state index contributed by atoms with van der Waals surface area (Å²) in [6.45, 7) is 0. The molecule has 0 spiro atoms. The van der Waals surface area contributed by atoms with Crippen molar-refractivity contribution >= 4 is 0 Å². The highest BCUT2D eigenvalue weighted by molar-refractivity contribution is 5.42. The highest BCUT2D eigenvalue weighted by Crippen LogP contribution is 2.30. The maximum absolute atomic E-state index is 5.68. The topological polar surface area (TPSA) is 74.3 Å². The maximum Gasteiger partial charge on any atom is 0.127 e. The third-order valence-corrected chi connectivity index (χ3v) is 3.20. The van der Waals surface area contributed by atoms with E-state index < -0.39 is 0 Å². The number of rotatable bonds is 6. The highest BCUT2D eigenvalue weighted by Gasteiger charge is 2.17. The Kier molecular flexibility index (Phi) is 4.60. The number of nitrogens with zero attached hydrogens (tertiary/aromatic N) is 2. The van der Waals surface area contributed by atoms with Crippen molar-refractivity contribution in [3.05, 3.63) is 41.7 Å². The van der Waals surface area contributed by atoms with Crippen molar-refractivity contribution in [2.75, 3.05) is 14.2 Å². The molecule has 6 heteroatoms. The van der Waals surface area contributed by atoms with Gasteiger partial charge in [-0.05, 0) is 12.1 Å². The van der Waals surface area contributed by atoms with E-state index in [-0.39, 0.29) is 6.04 Å². The lowest BCUT2D eigenvalue weighted by atomic mass is 10.0. The van der Waals surface area contributed by atoms with Crippen molar-refractivity contribution in [2.24, 2.45) is 12.9 Å². The average Bonchev–Trinajstić information content (AvgIpc) is 2.89. The van der Waals surface area contributed by atoms with Gasteiger partial charge in [0, 0.05) is 31.3 Å².